The van der Waals surface area contributed by atoms with Gasteiger partial charge < -0.3 is 9.84 Å². The normalized spacial score (nSPS) is 52.2. The fourth-order valence-corrected chi connectivity index (χ4v) is 3.82. The van der Waals surface area contributed by atoms with Crippen LogP contribution in [0.4, 0.5) is 0 Å². The number of hydrogen-bond acceptors (Lipinski definition) is 2. The zero-order chi connectivity index (χ0) is 12.3. The van der Waals surface area contributed by atoms with Crippen LogP contribution in [0.25, 0.3) is 0 Å². The molecule has 4 atom stereocenters. The summed E-state index contributed by atoms with van der Waals surface area (Å²) < 4.78 is 5.94. The Morgan fingerprint density at radius 1 is 1.47 bits per heavy atom. The number of aliphatic hydroxyl groups excluding tert-OH is 1. The molecule has 0 aromatic carbocycles. The lowest BCUT2D eigenvalue weighted by Crippen LogP contribution is -2.42. The molecule has 94 valence electrons. The van der Waals surface area contributed by atoms with Crippen LogP contribution in [0, 0.1) is 11.3 Å². The van der Waals surface area contributed by atoms with Crippen LogP contribution in [-0.2, 0) is 4.74 Å². The monoisotopic (exact) mass is 234 g/mol. The Morgan fingerprint density at radius 3 is 2.88 bits per heavy atom. The molecule has 1 N–H and O–H groups in total. The molecule has 0 aromatic rings. The molecule has 0 aromatic heterocycles. The molecule has 2 fully saturated rings. The smallest absolute Gasteiger partial charge is 0.118 e. The summed E-state index contributed by atoms with van der Waals surface area (Å²) in [4.78, 5) is 0. The first-order valence-electron chi connectivity index (χ1n) is 6.65. The van der Waals surface area contributed by atoms with E-state index in [1.807, 2.05) is 0 Å². The molecule has 2 heteroatoms. The van der Waals surface area contributed by atoms with Crippen molar-refractivity contribution in [2.24, 2.45) is 11.3 Å². The van der Waals surface area contributed by atoms with Crippen molar-refractivity contribution in [1.82, 2.24) is 0 Å². The zero-order valence-electron chi connectivity index (χ0n) is 11.0. The third-order valence-electron chi connectivity index (χ3n) is 5.53. The number of fused-ring (bicyclic) bond motifs is 1. The lowest BCUT2D eigenvalue weighted by molar-refractivity contribution is 0.136. The van der Waals surface area contributed by atoms with Gasteiger partial charge in [-0.05, 0) is 37.5 Å². The molecule has 2 aliphatic carbocycles. The predicted molar refractivity (Wildman–Crippen MR) is 67.7 cm³/mol. The summed E-state index contributed by atoms with van der Waals surface area (Å²) in [5, 5.41) is 9.48. The van der Waals surface area contributed by atoms with Crippen molar-refractivity contribution in [1.29, 1.82) is 0 Å². The summed E-state index contributed by atoms with van der Waals surface area (Å²) in [6, 6.07) is 0. The maximum absolute atomic E-state index is 9.48. The molecular formula is C15H22O2. The number of rotatable bonds is 1. The van der Waals surface area contributed by atoms with E-state index in [4.69, 9.17) is 4.74 Å². The van der Waals surface area contributed by atoms with E-state index in [9.17, 15) is 5.11 Å². The molecule has 0 amide bonds. The number of epoxide rings is 1. The van der Waals surface area contributed by atoms with Gasteiger partial charge in [-0.1, -0.05) is 37.6 Å². The maximum atomic E-state index is 9.48. The summed E-state index contributed by atoms with van der Waals surface area (Å²) in [5.74, 6) is 0.562. The topological polar surface area (TPSA) is 32.8 Å². The van der Waals surface area contributed by atoms with Gasteiger partial charge in [0.15, 0.2) is 0 Å². The van der Waals surface area contributed by atoms with Crippen molar-refractivity contribution < 1.29 is 9.84 Å². The van der Waals surface area contributed by atoms with Gasteiger partial charge in [-0.2, -0.15) is 0 Å². The Kier molecular flexibility index (Phi) is 2.19. The largest absolute Gasteiger partial charge is 0.393 e. The van der Waals surface area contributed by atoms with Crippen LogP contribution in [0.3, 0.4) is 0 Å². The van der Waals surface area contributed by atoms with Gasteiger partial charge in [0.1, 0.15) is 11.2 Å². The highest BCUT2D eigenvalue weighted by Crippen LogP contribution is 2.63. The Hall–Kier alpha value is -0.600. The van der Waals surface area contributed by atoms with Crippen molar-refractivity contribution >= 4 is 0 Å². The highest BCUT2D eigenvalue weighted by molar-refractivity contribution is 5.34. The van der Waals surface area contributed by atoms with Crippen LogP contribution in [-0.4, -0.2) is 22.9 Å². The predicted octanol–water partition coefficient (Wildman–Crippen LogP) is 2.83. The SMILES string of the molecule is C[C@@H]1C=CC=C2CC[C@]3(C[C@]21C)O[C@]3(C)CO. The lowest BCUT2D eigenvalue weighted by atomic mass is 9.58. The Bertz CT molecular complexity index is 411. The number of allylic oxidation sites excluding steroid dienone is 4. The first kappa shape index (κ1) is 11.5. The summed E-state index contributed by atoms with van der Waals surface area (Å²) in [5.41, 5.74) is 1.43. The average Bonchev–Trinajstić information content (AvgIpc) is 2.86. The van der Waals surface area contributed by atoms with Crippen molar-refractivity contribution in [2.45, 2.75) is 51.2 Å². The molecule has 1 saturated heterocycles. The first-order chi connectivity index (χ1) is 7.96. The molecule has 1 saturated carbocycles. The van der Waals surface area contributed by atoms with E-state index in [1.165, 1.54) is 0 Å². The van der Waals surface area contributed by atoms with Gasteiger partial charge in [0.25, 0.3) is 0 Å². The lowest BCUT2D eigenvalue weighted by Gasteiger charge is -2.45. The highest BCUT2D eigenvalue weighted by Gasteiger charge is 2.69. The standard InChI is InChI=1S/C15H22O2/c1-11-5-4-6-12-7-8-15(9-13(11,12)2)14(3,10-16)17-15/h4-6,11,16H,7-10H2,1-3H3/t11-,13+,14-,15-/m1/s1. The van der Waals surface area contributed by atoms with Gasteiger partial charge >= 0.3 is 0 Å². The fourth-order valence-electron chi connectivity index (χ4n) is 3.82. The van der Waals surface area contributed by atoms with E-state index in [2.05, 4.69) is 39.0 Å². The van der Waals surface area contributed by atoms with Crippen molar-refractivity contribution in [2.75, 3.05) is 6.61 Å². The van der Waals surface area contributed by atoms with Crippen LogP contribution in [0.2, 0.25) is 0 Å². The molecule has 17 heavy (non-hydrogen) atoms. The highest BCUT2D eigenvalue weighted by atomic mass is 16.6. The Labute approximate surface area is 103 Å². The van der Waals surface area contributed by atoms with E-state index in [-0.39, 0.29) is 23.2 Å². The van der Waals surface area contributed by atoms with Crippen LogP contribution in [0.15, 0.2) is 23.8 Å². The van der Waals surface area contributed by atoms with Gasteiger partial charge in [-0.15, -0.1) is 0 Å². The minimum absolute atomic E-state index is 0.0622. The molecule has 2 nitrogen and oxygen atoms in total. The van der Waals surface area contributed by atoms with Gasteiger partial charge in [-0.3, -0.25) is 0 Å². The second-order valence-corrected chi connectivity index (χ2v) is 6.45. The molecule has 1 aliphatic heterocycles. The summed E-state index contributed by atoms with van der Waals surface area (Å²) in [7, 11) is 0. The number of hydrogen-bond donors (Lipinski definition) is 1. The van der Waals surface area contributed by atoms with E-state index in [1.54, 1.807) is 5.57 Å². The molecular weight excluding hydrogens is 212 g/mol. The molecule has 0 bridgehead atoms. The molecule has 1 spiro atoms. The number of aliphatic hydroxyl groups is 1. The fraction of sp³-hybridized carbons (Fsp3) is 0.733. The Balaban J connectivity index is 1.91. The Morgan fingerprint density at radius 2 is 2.24 bits per heavy atom. The van der Waals surface area contributed by atoms with E-state index < -0.39 is 0 Å². The summed E-state index contributed by atoms with van der Waals surface area (Å²) in [6.07, 6.45) is 9.99. The third kappa shape index (κ3) is 1.34. The molecule has 1 heterocycles. The maximum Gasteiger partial charge on any atom is 0.118 e. The van der Waals surface area contributed by atoms with Crippen LogP contribution in [0.5, 0.6) is 0 Å². The van der Waals surface area contributed by atoms with Crippen LogP contribution >= 0.6 is 0 Å². The van der Waals surface area contributed by atoms with Crippen LogP contribution in [0.1, 0.15) is 40.0 Å². The first-order valence-corrected chi connectivity index (χ1v) is 6.65. The zero-order valence-corrected chi connectivity index (χ0v) is 11.0. The van der Waals surface area contributed by atoms with Crippen molar-refractivity contribution in [3.63, 3.8) is 0 Å². The molecule has 0 radical (unpaired) electrons. The minimum Gasteiger partial charge on any atom is -0.393 e. The van der Waals surface area contributed by atoms with Gasteiger partial charge in [0, 0.05) is 0 Å². The number of ether oxygens (including phenoxy) is 1. The summed E-state index contributed by atoms with van der Waals surface area (Å²) >= 11 is 0. The molecule has 3 aliphatic rings. The quantitative estimate of drug-likeness (QED) is 0.708. The molecule has 3 rings (SSSR count). The second kappa shape index (κ2) is 3.24. The van der Waals surface area contributed by atoms with E-state index in [0.29, 0.717) is 5.92 Å². The van der Waals surface area contributed by atoms with E-state index >= 15 is 0 Å². The van der Waals surface area contributed by atoms with Gasteiger partial charge in [0.2, 0.25) is 0 Å². The van der Waals surface area contributed by atoms with Gasteiger partial charge in [-0.25, -0.2) is 0 Å². The average molecular weight is 234 g/mol. The second-order valence-electron chi connectivity index (χ2n) is 6.45. The third-order valence-corrected chi connectivity index (χ3v) is 5.53. The van der Waals surface area contributed by atoms with Gasteiger partial charge in [0.05, 0.1) is 6.61 Å². The minimum atomic E-state index is -0.289. The van der Waals surface area contributed by atoms with Crippen molar-refractivity contribution in [3.05, 3.63) is 23.8 Å². The van der Waals surface area contributed by atoms with Crippen molar-refractivity contribution in [3.8, 4) is 0 Å². The molecule has 0 unspecified atom stereocenters. The van der Waals surface area contributed by atoms with E-state index in [0.717, 1.165) is 19.3 Å². The summed E-state index contributed by atoms with van der Waals surface area (Å²) in [6.45, 7) is 6.84. The van der Waals surface area contributed by atoms with Crippen LogP contribution < -0.4 is 0 Å².